The van der Waals surface area contributed by atoms with Gasteiger partial charge in [0.2, 0.25) is 0 Å². The smallest absolute Gasteiger partial charge is 0.331 e. The van der Waals surface area contributed by atoms with E-state index in [1.54, 1.807) is 36.4 Å². The van der Waals surface area contributed by atoms with Crippen molar-refractivity contribution in [3.63, 3.8) is 0 Å². The summed E-state index contributed by atoms with van der Waals surface area (Å²) in [5, 5.41) is 9.84. The summed E-state index contributed by atoms with van der Waals surface area (Å²) in [5.74, 6) is -0.948. The van der Waals surface area contributed by atoms with Gasteiger partial charge in [-0.3, -0.25) is 9.69 Å². The molecule has 0 spiro atoms. The maximum absolute atomic E-state index is 13.2. The Hall–Kier alpha value is -3.42. The third-order valence-corrected chi connectivity index (χ3v) is 6.48. The number of aryl methyl sites for hydroxylation is 1. The van der Waals surface area contributed by atoms with Crippen molar-refractivity contribution in [1.82, 2.24) is 4.90 Å². The Balaban J connectivity index is 1.59. The first-order chi connectivity index (χ1) is 15.9. The molecule has 1 aliphatic heterocycles. The van der Waals surface area contributed by atoms with Crippen molar-refractivity contribution >= 4 is 46.3 Å². The number of benzene rings is 3. The average molecular weight is 476 g/mol. The van der Waals surface area contributed by atoms with E-state index in [1.165, 1.54) is 10.5 Å². The predicted molar refractivity (Wildman–Crippen MR) is 134 cm³/mol. The fraction of sp³-hybridized carbons (Fsp3) is 0.115. The summed E-state index contributed by atoms with van der Waals surface area (Å²) in [4.78, 5) is 26.8. The summed E-state index contributed by atoms with van der Waals surface area (Å²) in [7, 11) is 0. The Morgan fingerprint density at radius 3 is 2.42 bits per heavy atom. The van der Waals surface area contributed by atoms with E-state index in [-0.39, 0.29) is 4.32 Å². The van der Waals surface area contributed by atoms with Crippen LogP contribution in [0.5, 0.6) is 5.75 Å². The first-order valence-electron chi connectivity index (χ1n) is 10.3. The van der Waals surface area contributed by atoms with Crippen LogP contribution in [0.2, 0.25) is 0 Å². The van der Waals surface area contributed by atoms with Gasteiger partial charge in [0, 0.05) is 5.56 Å². The number of rotatable bonds is 7. The Morgan fingerprint density at radius 2 is 1.73 bits per heavy atom. The molecule has 0 aliphatic carbocycles. The molecule has 0 bridgehead atoms. The molecule has 1 heterocycles. The van der Waals surface area contributed by atoms with Crippen molar-refractivity contribution in [3.8, 4) is 5.75 Å². The quantitative estimate of drug-likeness (QED) is 0.354. The molecule has 1 N–H and O–H groups in total. The molecule has 4 rings (SSSR count). The Labute approximate surface area is 201 Å². The van der Waals surface area contributed by atoms with Gasteiger partial charge >= 0.3 is 5.97 Å². The molecule has 1 saturated heterocycles. The second kappa shape index (κ2) is 10.0. The largest absolute Gasteiger partial charge is 0.488 e. The molecule has 0 aromatic heterocycles. The average Bonchev–Trinajstić information content (AvgIpc) is 3.08. The number of para-hydroxylation sites is 1. The molecule has 0 saturated carbocycles. The first-order valence-corrected chi connectivity index (χ1v) is 11.5. The molecule has 1 fully saturated rings. The number of hydrogen-bond acceptors (Lipinski definition) is 5. The Kier molecular flexibility index (Phi) is 6.91. The third-order valence-electron chi connectivity index (χ3n) is 5.15. The van der Waals surface area contributed by atoms with E-state index in [1.807, 2.05) is 55.5 Å². The van der Waals surface area contributed by atoms with Gasteiger partial charge in [-0.1, -0.05) is 102 Å². The molecule has 1 atom stereocenters. The monoisotopic (exact) mass is 475 g/mol. The van der Waals surface area contributed by atoms with E-state index >= 15 is 0 Å². The van der Waals surface area contributed by atoms with E-state index in [4.69, 9.17) is 17.0 Å². The number of thioether (sulfide) groups is 1. The second-order valence-electron chi connectivity index (χ2n) is 7.52. The molecule has 1 aliphatic rings. The summed E-state index contributed by atoms with van der Waals surface area (Å²) in [5.41, 5.74) is 3.42. The maximum atomic E-state index is 13.2. The Bertz CT molecular complexity index is 1220. The van der Waals surface area contributed by atoms with Crippen molar-refractivity contribution in [2.75, 3.05) is 0 Å². The molecular weight excluding hydrogens is 454 g/mol. The number of carbonyl (C=O) groups is 2. The van der Waals surface area contributed by atoms with Crippen LogP contribution in [-0.4, -0.2) is 26.2 Å². The number of hydrogen-bond donors (Lipinski definition) is 1. The number of nitrogens with zero attached hydrogens (tertiary/aromatic N) is 1. The second-order valence-corrected chi connectivity index (χ2v) is 9.19. The van der Waals surface area contributed by atoms with E-state index in [2.05, 4.69) is 0 Å². The zero-order valence-electron chi connectivity index (χ0n) is 17.8. The molecule has 3 aromatic rings. The lowest BCUT2D eigenvalue weighted by Crippen LogP contribution is -2.37. The first kappa shape index (κ1) is 22.8. The summed E-state index contributed by atoms with van der Waals surface area (Å²) < 4.78 is 6.22. The van der Waals surface area contributed by atoms with Crippen molar-refractivity contribution in [2.24, 2.45) is 0 Å². The highest BCUT2D eigenvalue weighted by molar-refractivity contribution is 8.26. The van der Waals surface area contributed by atoms with Gasteiger partial charge in [-0.25, -0.2) is 4.79 Å². The zero-order chi connectivity index (χ0) is 23.4. The molecule has 7 heteroatoms. The van der Waals surface area contributed by atoms with Crippen molar-refractivity contribution in [3.05, 3.63) is 106 Å². The fourth-order valence-electron chi connectivity index (χ4n) is 3.46. The number of carboxylic acids is 1. The van der Waals surface area contributed by atoms with Gasteiger partial charge in [-0.2, -0.15) is 0 Å². The van der Waals surface area contributed by atoms with E-state index in [9.17, 15) is 14.7 Å². The minimum absolute atomic E-state index is 0.209. The van der Waals surface area contributed by atoms with Gasteiger partial charge in [0.05, 0.1) is 4.91 Å². The van der Waals surface area contributed by atoms with Crippen LogP contribution in [0.15, 0.2) is 83.8 Å². The lowest BCUT2D eigenvalue weighted by Gasteiger charge is -2.23. The lowest BCUT2D eigenvalue weighted by atomic mass is 10.1. The van der Waals surface area contributed by atoms with Crippen LogP contribution in [0.25, 0.3) is 6.08 Å². The number of ether oxygens (including phenoxy) is 1. The predicted octanol–water partition coefficient (Wildman–Crippen LogP) is 5.60. The van der Waals surface area contributed by atoms with Gasteiger partial charge in [-0.15, -0.1) is 0 Å². The van der Waals surface area contributed by atoms with E-state index < -0.39 is 17.9 Å². The molecule has 0 radical (unpaired) electrons. The van der Waals surface area contributed by atoms with Crippen LogP contribution < -0.4 is 4.74 Å². The number of carbonyl (C=O) groups excluding carboxylic acids is 1. The molecular formula is C26H21NO4S2. The number of thiocarbonyl (C=S) groups is 1. The van der Waals surface area contributed by atoms with Gasteiger partial charge < -0.3 is 9.84 Å². The lowest BCUT2D eigenvalue weighted by molar-refractivity contribution is -0.145. The van der Waals surface area contributed by atoms with Crippen molar-refractivity contribution in [2.45, 2.75) is 19.6 Å². The van der Waals surface area contributed by atoms with Crippen LogP contribution in [0.1, 0.15) is 28.3 Å². The third kappa shape index (κ3) is 5.16. The van der Waals surface area contributed by atoms with Gasteiger partial charge in [0.25, 0.3) is 5.91 Å². The van der Waals surface area contributed by atoms with Gasteiger partial charge in [0.15, 0.2) is 6.04 Å². The summed E-state index contributed by atoms with van der Waals surface area (Å²) >= 11 is 6.49. The highest BCUT2D eigenvalue weighted by Gasteiger charge is 2.41. The minimum Gasteiger partial charge on any atom is -0.488 e. The number of carboxylic acid groups (broad SMARTS) is 1. The molecule has 1 unspecified atom stereocenters. The fourth-order valence-corrected chi connectivity index (χ4v) is 4.76. The molecule has 3 aromatic carbocycles. The van der Waals surface area contributed by atoms with Crippen LogP contribution in [0.3, 0.4) is 0 Å². The Morgan fingerprint density at radius 1 is 1.06 bits per heavy atom. The zero-order valence-corrected chi connectivity index (χ0v) is 19.4. The van der Waals surface area contributed by atoms with E-state index in [0.29, 0.717) is 22.8 Å². The van der Waals surface area contributed by atoms with Crippen LogP contribution in [0, 0.1) is 6.92 Å². The minimum atomic E-state index is -1.18. The van der Waals surface area contributed by atoms with Gasteiger partial charge in [0.1, 0.15) is 16.7 Å². The van der Waals surface area contributed by atoms with E-state index in [0.717, 1.165) is 22.9 Å². The normalized spacial score (nSPS) is 15.7. The number of aliphatic carboxylic acids is 1. The molecule has 1 amide bonds. The van der Waals surface area contributed by atoms with Gasteiger partial charge in [-0.05, 0) is 30.2 Å². The standard InChI is InChI=1S/C26H21NO4S2/c1-17-11-13-18(14-12-17)16-31-21-10-6-5-9-20(21)15-22-24(28)27(26(32)33-22)23(25(29)30)19-7-3-2-4-8-19/h2-15,23H,16H2,1H3,(H,29,30). The molecule has 33 heavy (non-hydrogen) atoms. The van der Waals surface area contributed by atoms with Crippen LogP contribution in [-0.2, 0) is 16.2 Å². The topological polar surface area (TPSA) is 66.8 Å². The van der Waals surface area contributed by atoms with Crippen LogP contribution in [0.4, 0.5) is 0 Å². The highest BCUT2D eigenvalue weighted by atomic mass is 32.2. The maximum Gasteiger partial charge on any atom is 0.331 e. The highest BCUT2D eigenvalue weighted by Crippen LogP contribution is 2.39. The summed E-state index contributed by atoms with van der Waals surface area (Å²) in [6.07, 6.45) is 1.70. The van der Waals surface area contributed by atoms with Crippen molar-refractivity contribution in [1.29, 1.82) is 0 Å². The van der Waals surface area contributed by atoms with Crippen LogP contribution >= 0.6 is 24.0 Å². The molecule has 5 nitrogen and oxygen atoms in total. The summed E-state index contributed by atoms with van der Waals surface area (Å²) in [6, 6.07) is 22.9. The number of amides is 1. The SMILES string of the molecule is Cc1ccc(COc2ccccc2C=C2SC(=S)N(C(C(=O)O)c3ccccc3)C2=O)cc1. The van der Waals surface area contributed by atoms with Crippen molar-refractivity contribution < 1.29 is 19.4 Å². The summed E-state index contributed by atoms with van der Waals surface area (Å²) in [6.45, 7) is 2.42. The molecule has 166 valence electrons.